The van der Waals surface area contributed by atoms with Crippen molar-refractivity contribution in [3.63, 3.8) is 0 Å². The first-order valence-electron chi connectivity index (χ1n) is 4.35. The van der Waals surface area contributed by atoms with Gasteiger partial charge in [0.25, 0.3) is 0 Å². The molecule has 0 rings (SSSR count). The van der Waals surface area contributed by atoms with Gasteiger partial charge >= 0.3 is 5.97 Å². The van der Waals surface area contributed by atoms with Gasteiger partial charge in [0, 0.05) is 6.08 Å². The molecule has 0 aliphatic rings. The maximum absolute atomic E-state index is 10.3. The summed E-state index contributed by atoms with van der Waals surface area (Å²) in [6, 6.07) is 0. The molecule has 0 saturated carbocycles. The zero-order valence-corrected chi connectivity index (χ0v) is 8.76. The van der Waals surface area contributed by atoms with Crippen molar-refractivity contribution < 1.29 is 14.6 Å². The van der Waals surface area contributed by atoms with E-state index in [4.69, 9.17) is 9.84 Å². The second-order valence-corrected chi connectivity index (χ2v) is 4.04. The van der Waals surface area contributed by atoms with Crippen molar-refractivity contribution in [3.8, 4) is 0 Å². The monoisotopic (exact) mass is 186 g/mol. The third kappa shape index (κ3) is 9.08. The van der Waals surface area contributed by atoms with Gasteiger partial charge in [0.1, 0.15) is 0 Å². The van der Waals surface area contributed by atoms with Crippen molar-refractivity contribution in [1.29, 1.82) is 0 Å². The molecule has 0 heterocycles. The Morgan fingerprint density at radius 3 is 2.38 bits per heavy atom. The number of aliphatic carboxylic acids is 1. The molecule has 0 radical (unpaired) electrons. The highest BCUT2D eigenvalue weighted by Gasteiger charge is 2.09. The summed E-state index contributed by atoms with van der Waals surface area (Å²) < 4.78 is 5.45. The fraction of sp³-hybridized carbons (Fsp3) is 0.700. The summed E-state index contributed by atoms with van der Waals surface area (Å²) in [4.78, 5) is 10.3. The molecule has 0 bridgehead atoms. The molecule has 0 fully saturated rings. The number of carbonyl (C=O) groups is 1. The fourth-order valence-corrected chi connectivity index (χ4v) is 0.801. The van der Waals surface area contributed by atoms with Crippen molar-refractivity contribution in [1.82, 2.24) is 0 Å². The molecule has 0 aromatic rings. The van der Waals surface area contributed by atoms with Crippen LogP contribution in [0.25, 0.3) is 0 Å². The average Bonchev–Trinajstić information content (AvgIpc) is 1.81. The highest BCUT2D eigenvalue weighted by molar-refractivity contribution is 5.80. The Labute approximate surface area is 79.4 Å². The summed E-state index contributed by atoms with van der Waals surface area (Å²) in [6.07, 6.45) is 1.88. The molecular weight excluding hydrogens is 168 g/mol. The first-order chi connectivity index (χ1) is 5.81. The van der Waals surface area contributed by atoms with Crippen LogP contribution in [0.15, 0.2) is 11.6 Å². The van der Waals surface area contributed by atoms with E-state index in [2.05, 4.69) is 0 Å². The van der Waals surface area contributed by atoms with Crippen LogP contribution in [0.3, 0.4) is 0 Å². The quantitative estimate of drug-likeness (QED) is 0.685. The van der Waals surface area contributed by atoms with Gasteiger partial charge in [-0.05, 0) is 34.1 Å². The standard InChI is InChI=1S/C10H18O3/c1-8(7-9(11)12)5-6-13-10(2,3)4/h7H,5-6H2,1-4H3,(H,11,12)/b8-7+. The van der Waals surface area contributed by atoms with E-state index in [0.717, 1.165) is 5.57 Å². The Balaban J connectivity index is 3.72. The lowest BCUT2D eigenvalue weighted by Gasteiger charge is -2.19. The summed E-state index contributed by atoms with van der Waals surface area (Å²) in [7, 11) is 0. The zero-order chi connectivity index (χ0) is 10.5. The van der Waals surface area contributed by atoms with E-state index in [-0.39, 0.29) is 5.60 Å². The second kappa shape index (κ2) is 5.02. The lowest BCUT2D eigenvalue weighted by molar-refractivity contribution is -0.131. The molecule has 0 spiro atoms. The number of rotatable bonds is 4. The van der Waals surface area contributed by atoms with Gasteiger partial charge in [0.2, 0.25) is 0 Å². The summed E-state index contributed by atoms with van der Waals surface area (Å²) in [5.41, 5.74) is 0.681. The van der Waals surface area contributed by atoms with E-state index in [1.807, 2.05) is 20.8 Å². The minimum absolute atomic E-state index is 0.149. The lowest BCUT2D eigenvalue weighted by atomic mass is 10.2. The summed E-state index contributed by atoms with van der Waals surface area (Å²) in [5.74, 6) is -0.895. The third-order valence-electron chi connectivity index (χ3n) is 1.40. The van der Waals surface area contributed by atoms with E-state index in [9.17, 15) is 4.79 Å². The first kappa shape index (κ1) is 12.2. The topological polar surface area (TPSA) is 46.5 Å². The maximum Gasteiger partial charge on any atom is 0.328 e. The van der Waals surface area contributed by atoms with Gasteiger partial charge in [-0.25, -0.2) is 4.79 Å². The van der Waals surface area contributed by atoms with Gasteiger partial charge in [0.15, 0.2) is 0 Å². The Morgan fingerprint density at radius 1 is 1.46 bits per heavy atom. The third-order valence-corrected chi connectivity index (χ3v) is 1.40. The Bertz CT molecular complexity index is 199. The van der Waals surface area contributed by atoms with Crippen LogP contribution in [0.1, 0.15) is 34.1 Å². The van der Waals surface area contributed by atoms with Crippen molar-refractivity contribution in [2.24, 2.45) is 0 Å². The number of hydrogen-bond acceptors (Lipinski definition) is 2. The van der Waals surface area contributed by atoms with E-state index >= 15 is 0 Å². The van der Waals surface area contributed by atoms with Crippen LogP contribution in [0.4, 0.5) is 0 Å². The van der Waals surface area contributed by atoms with Gasteiger partial charge in [-0.3, -0.25) is 0 Å². The highest BCUT2D eigenvalue weighted by atomic mass is 16.5. The number of hydrogen-bond donors (Lipinski definition) is 1. The number of carboxylic acid groups (broad SMARTS) is 1. The van der Waals surface area contributed by atoms with Gasteiger partial charge in [-0.1, -0.05) is 5.57 Å². The van der Waals surface area contributed by atoms with Crippen LogP contribution in [-0.4, -0.2) is 23.3 Å². The van der Waals surface area contributed by atoms with Crippen LogP contribution >= 0.6 is 0 Å². The van der Waals surface area contributed by atoms with Gasteiger partial charge < -0.3 is 9.84 Å². The Kier molecular flexibility index (Phi) is 4.70. The minimum Gasteiger partial charge on any atom is -0.478 e. The number of carboxylic acids is 1. The Morgan fingerprint density at radius 2 is 2.00 bits per heavy atom. The molecule has 13 heavy (non-hydrogen) atoms. The molecule has 76 valence electrons. The molecular formula is C10H18O3. The highest BCUT2D eigenvalue weighted by Crippen LogP contribution is 2.09. The fourth-order valence-electron chi connectivity index (χ4n) is 0.801. The summed E-state index contributed by atoms with van der Waals surface area (Å²) >= 11 is 0. The predicted octanol–water partition coefficient (Wildman–Crippen LogP) is 2.22. The first-order valence-corrected chi connectivity index (χ1v) is 4.35. The Hall–Kier alpha value is -0.830. The molecule has 0 unspecified atom stereocenters. The molecule has 0 aliphatic heterocycles. The van der Waals surface area contributed by atoms with Crippen molar-refractivity contribution in [3.05, 3.63) is 11.6 Å². The average molecular weight is 186 g/mol. The molecule has 0 atom stereocenters. The molecule has 0 saturated heterocycles. The van der Waals surface area contributed by atoms with Crippen LogP contribution in [0.5, 0.6) is 0 Å². The van der Waals surface area contributed by atoms with E-state index in [0.29, 0.717) is 13.0 Å². The van der Waals surface area contributed by atoms with Crippen molar-refractivity contribution in [2.75, 3.05) is 6.61 Å². The molecule has 0 aromatic carbocycles. The van der Waals surface area contributed by atoms with E-state index < -0.39 is 5.97 Å². The molecule has 3 nitrogen and oxygen atoms in total. The minimum atomic E-state index is -0.895. The van der Waals surface area contributed by atoms with Crippen molar-refractivity contribution in [2.45, 2.75) is 39.7 Å². The zero-order valence-electron chi connectivity index (χ0n) is 8.76. The largest absolute Gasteiger partial charge is 0.478 e. The maximum atomic E-state index is 10.3. The molecule has 1 N–H and O–H groups in total. The molecule has 0 amide bonds. The van der Waals surface area contributed by atoms with Crippen LogP contribution in [0.2, 0.25) is 0 Å². The summed E-state index contributed by atoms with van der Waals surface area (Å²) in [6.45, 7) is 8.29. The van der Waals surface area contributed by atoms with Crippen LogP contribution < -0.4 is 0 Å². The van der Waals surface area contributed by atoms with Gasteiger partial charge in [-0.2, -0.15) is 0 Å². The number of ether oxygens (including phenoxy) is 1. The van der Waals surface area contributed by atoms with Gasteiger partial charge in [0.05, 0.1) is 12.2 Å². The van der Waals surface area contributed by atoms with Crippen LogP contribution in [-0.2, 0) is 9.53 Å². The second-order valence-electron chi connectivity index (χ2n) is 4.04. The van der Waals surface area contributed by atoms with Crippen molar-refractivity contribution >= 4 is 5.97 Å². The normalized spacial score (nSPS) is 13.1. The SMILES string of the molecule is C/C(=C\C(=O)O)CCOC(C)(C)C. The smallest absolute Gasteiger partial charge is 0.328 e. The van der Waals surface area contributed by atoms with Crippen LogP contribution in [0, 0.1) is 0 Å². The molecule has 0 aliphatic carbocycles. The van der Waals surface area contributed by atoms with Gasteiger partial charge in [-0.15, -0.1) is 0 Å². The lowest BCUT2D eigenvalue weighted by Crippen LogP contribution is -2.19. The molecule has 3 heteroatoms. The van der Waals surface area contributed by atoms with E-state index in [1.54, 1.807) is 6.92 Å². The molecule has 0 aromatic heterocycles. The van der Waals surface area contributed by atoms with E-state index in [1.165, 1.54) is 6.08 Å². The predicted molar refractivity (Wildman–Crippen MR) is 51.7 cm³/mol. The summed E-state index contributed by atoms with van der Waals surface area (Å²) in [5, 5.41) is 8.43.